The molecule has 3 heteroatoms. The van der Waals surface area contributed by atoms with Crippen LogP contribution in [0.1, 0.15) is 38.8 Å². The molecule has 1 atom stereocenters. The maximum atomic E-state index is 6.07. The highest BCUT2D eigenvalue weighted by Crippen LogP contribution is 2.22. The highest BCUT2D eigenvalue weighted by atomic mass is 35.5. The summed E-state index contributed by atoms with van der Waals surface area (Å²) in [7, 11) is 0. The molecule has 1 unspecified atom stereocenters. The normalized spacial score (nSPS) is 12.9. The number of hydrogen-bond donors (Lipinski definition) is 1. The Morgan fingerprint density at radius 3 is 2.67 bits per heavy atom. The van der Waals surface area contributed by atoms with Crippen LogP contribution in [0.3, 0.4) is 0 Å². The fourth-order valence-electron chi connectivity index (χ4n) is 1.74. The third-order valence-electron chi connectivity index (χ3n) is 2.63. The van der Waals surface area contributed by atoms with Crippen LogP contribution in [-0.2, 0) is 0 Å². The van der Waals surface area contributed by atoms with E-state index in [-0.39, 0.29) is 0 Å². The summed E-state index contributed by atoms with van der Waals surface area (Å²) in [6.45, 7) is 7.78. The van der Waals surface area contributed by atoms with E-state index in [0.717, 1.165) is 29.7 Å². The first-order valence-electron chi connectivity index (χ1n) is 6.70. The highest BCUT2D eigenvalue weighted by Gasteiger charge is 2.11. The lowest BCUT2D eigenvalue weighted by Crippen LogP contribution is -2.24. The molecule has 0 aliphatic rings. The van der Waals surface area contributed by atoms with E-state index in [0.29, 0.717) is 6.04 Å². The molecule has 0 saturated carbocycles. The van der Waals surface area contributed by atoms with Gasteiger partial charge < -0.3 is 5.32 Å². The van der Waals surface area contributed by atoms with E-state index >= 15 is 0 Å². The Bertz CT molecular complexity index is 341. The molecule has 0 amide bonds. The Hall–Kier alpha value is -0.180. The predicted molar refractivity (Wildman–Crippen MR) is 84.6 cm³/mol. The van der Waals surface area contributed by atoms with Crippen LogP contribution in [0.2, 0.25) is 5.02 Å². The Morgan fingerprint density at radius 2 is 2.06 bits per heavy atom. The number of benzene rings is 1. The highest BCUT2D eigenvalue weighted by molar-refractivity contribution is 7.99. The molecular weight excluding hydrogens is 262 g/mol. The molecule has 0 aliphatic heterocycles. The van der Waals surface area contributed by atoms with Gasteiger partial charge in [0.15, 0.2) is 0 Å². The average Bonchev–Trinajstić information content (AvgIpc) is 2.33. The molecule has 0 bridgehead atoms. The second-order valence-electron chi connectivity index (χ2n) is 4.99. The monoisotopic (exact) mass is 285 g/mol. The largest absolute Gasteiger partial charge is 0.309 e. The van der Waals surface area contributed by atoms with Gasteiger partial charge in [-0.15, -0.1) is 0 Å². The fourth-order valence-corrected chi connectivity index (χ4v) is 3.09. The van der Waals surface area contributed by atoms with Crippen molar-refractivity contribution in [1.29, 1.82) is 0 Å². The first kappa shape index (κ1) is 15.9. The SMILES string of the molecule is CCCNC(CSCC(C)C)c1cccc(Cl)c1. The van der Waals surface area contributed by atoms with Crippen LogP contribution in [0.25, 0.3) is 0 Å². The molecule has 1 aromatic carbocycles. The number of halogens is 1. The van der Waals surface area contributed by atoms with Gasteiger partial charge in [-0.05, 0) is 42.3 Å². The maximum absolute atomic E-state index is 6.07. The Kier molecular flexibility index (Phi) is 7.80. The van der Waals surface area contributed by atoms with Crippen molar-refractivity contribution in [2.45, 2.75) is 33.2 Å². The minimum Gasteiger partial charge on any atom is -0.309 e. The standard InChI is InChI=1S/C15H24ClNS/c1-4-8-17-15(11-18-10-12(2)3)13-6-5-7-14(16)9-13/h5-7,9,12,15,17H,4,8,10-11H2,1-3H3. The summed E-state index contributed by atoms with van der Waals surface area (Å²) in [5, 5.41) is 4.43. The zero-order valence-electron chi connectivity index (χ0n) is 11.6. The van der Waals surface area contributed by atoms with Crippen molar-refractivity contribution >= 4 is 23.4 Å². The van der Waals surface area contributed by atoms with Gasteiger partial charge in [0.25, 0.3) is 0 Å². The number of nitrogens with one attached hydrogen (secondary N) is 1. The van der Waals surface area contributed by atoms with Gasteiger partial charge in [0.05, 0.1) is 0 Å². The number of hydrogen-bond acceptors (Lipinski definition) is 2. The van der Waals surface area contributed by atoms with Crippen LogP contribution >= 0.6 is 23.4 Å². The molecular formula is C15H24ClNS. The minimum atomic E-state index is 0.410. The summed E-state index contributed by atoms with van der Waals surface area (Å²) in [6.07, 6.45) is 1.16. The quantitative estimate of drug-likeness (QED) is 0.738. The average molecular weight is 286 g/mol. The number of thioether (sulfide) groups is 1. The van der Waals surface area contributed by atoms with E-state index in [1.165, 1.54) is 11.3 Å². The lowest BCUT2D eigenvalue weighted by atomic mass is 10.1. The first-order valence-corrected chi connectivity index (χ1v) is 8.23. The van der Waals surface area contributed by atoms with Gasteiger partial charge in [-0.1, -0.05) is 44.5 Å². The Balaban J connectivity index is 2.59. The third-order valence-corrected chi connectivity index (χ3v) is 4.33. The Morgan fingerprint density at radius 1 is 1.28 bits per heavy atom. The molecule has 102 valence electrons. The summed E-state index contributed by atoms with van der Waals surface area (Å²) >= 11 is 8.09. The van der Waals surface area contributed by atoms with E-state index in [9.17, 15) is 0 Å². The van der Waals surface area contributed by atoms with Crippen LogP contribution in [0.4, 0.5) is 0 Å². The van der Waals surface area contributed by atoms with E-state index < -0.39 is 0 Å². The summed E-state index contributed by atoms with van der Waals surface area (Å²) in [6, 6.07) is 8.61. The summed E-state index contributed by atoms with van der Waals surface area (Å²) < 4.78 is 0. The molecule has 1 rings (SSSR count). The van der Waals surface area contributed by atoms with E-state index in [1.54, 1.807) is 0 Å². The third kappa shape index (κ3) is 6.12. The second kappa shape index (κ2) is 8.84. The molecule has 0 heterocycles. The van der Waals surface area contributed by atoms with Crippen molar-refractivity contribution in [2.24, 2.45) is 5.92 Å². The molecule has 0 saturated heterocycles. The summed E-state index contributed by atoms with van der Waals surface area (Å²) in [5.74, 6) is 3.07. The van der Waals surface area contributed by atoms with Crippen molar-refractivity contribution in [3.8, 4) is 0 Å². The van der Waals surface area contributed by atoms with Gasteiger partial charge in [-0.25, -0.2) is 0 Å². The molecule has 0 radical (unpaired) electrons. The van der Waals surface area contributed by atoms with E-state index in [2.05, 4.69) is 38.2 Å². The van der Waals surface area contributed by atoms with Crippen LogP contribution in [-0.4, -0.2) is 18.1 Å². The molecule has 1 nitrogen and oxygen atoms in total. The predicted octanol–water partition coefficient (Wildman–Crippen LogP) is 4.77. The van der Waals surface area contributed by atoms with Crippen LogP contribution in [0.15, 0.2) is 24.3 Å². The van der Waals surface area contributed by atoms with Crippen molar-refractivity contribution in [3.63, 3.8) is 0 Å². The zero-order chi connectivity index (χ0) is 13.4. The van der Waals surface area contributed by atoms with Gasteiger partial charge in [0, 0.05) is 16.8 Å². The molecule has 18 heavy (non-hydrogen) atoms. The minimum absolute atomic E-state index is 0.410. The van der Waals surface area contributed by atoms with Crippen LogP contribution in [0, 0.1) is 5.92 Å². The molecule has 0 spiro atoms. The number of rotatable bonds is 8. The van der Waals surface area contributed by atoms with E-state index in [1.807, 2.05) is 23.9 Å². The van der Waals surface area contributed by atoms with Gasteiger partial charge in [-0.3, -0.25) is 0 Å². The van der Waals surface area contributed by atoms with Crippen molar-refractivity contribution < 1.29 is 0 Å². The van der Waals surface area contributed by atoms with Crippen molar-refractivity contribution in [1.82, 2.24) is 5.32 Å². The molecule has 0 fully saturated rings. The van der Waals surface area contributed by atoms with Crippen molar-refractivity contribution in [2.75, 3.05) is 18.1 Å². The topological polar surface area (TPSA) is 12.0 Å². The lowest BCUT2D eigenvalue weighted by molar-refractivity contribution is 0.577. The van der Waals surface area contributed by atoms with Crippen molar-refractivity contribution in [3.05, 3.63) is 34.9 Å². The zero-order valence-corrected chi connectivity index (χ0v) is 13.2. The molecule has 1 aromatic rings. The summed E-state index contributed by atoms with van der Waals surface area (Å²) in [5.41, 5.74) is 1.30. The van der Waals surface area contributed by atoms with Gasteiger partial charge >= 0.3 is 0 Å². The van der Waals surface area contributed by atoms with Crippen LogP contribution in [0.5, 0.6) is 0 Å². The molecule has 1 N–H and O–H groups in total. The molecule has 0 aromatic heterocycles. The molecule has 0 aliphatic carbocycles. The Labute approximate surface area is 121 Å². The van der Waals surface area contributed by atoms with Gasteiger partial charge in [0.2, 0.25) is 0 Å². The lowest BCUT2D eigenvalue weighted by Gasteiger charge is -2.19. The maximum Gasteiger partial charge on any atom is 0.0412 e. The second-order valence-corrected chi connectivity index (χ2v) is 6.50. The fraction of sp³-hybridized carbons (Fsp3) is 0.600. The van der Waals surface area contributed by atoms with E-state index in [4.69, 9.17) is 11.6 Å². The van der Waals surface area contributed by atoms with Crippen LogP contribution < -0.4 is 5.32 Å². The first-order chi connectivity index (χ1) is 8.63. The van der Waals surface area contributed by atoms with Gasteiger partial charge in [-0.2, -0.15) is 11.8 Å². The smallest absolute Gasteiger partial charge is 0.0412 e. The summed E-state index contributed by atoms with van der Waals surface area (Å²) in [4.78, 5) is 0. The van der Waals surface area contributed by atoms with Gasteiger partial charge in [0.1, 0.15) is 0 Å².